The predicted octanol–water partition coefficient (Wildman–Crippen LogP) is 0.406. The molecule has 0 aromatic heterocycles. The quantitative estimate of drug-likeness (QED) is 0.578. The van der Waals surface area contributed by atoms with Gasteiger partial charge in [0.15, 0.2) is 0 Å². The zero-order valence-electron chi connectivity index (χ0n) is 9.89. The first-order valence-corrected chi connectivity index (χ1v) is 5.16. The number of benzene rings is 1. The van der Waals surface area contributed by atoms with Crippen molar-refractivity contribution in [3.63, 3.8) is 0 Å². The van der Waals surface area contributed by atoms with Crippen molar-refractivity contribution >= 4 is 24.0 Å². The summed E-state index contributed by atoms with van der Waals surface area (Å²) in [4.78, 5) is 0. The molecular formula is C10H9BClF4KO. The first-order chi connectivity index (χ1) is 7.84. The minimum atomic E-state index is -5.34. The van der Waals surface area contributed by atoms with Crippen LogP contribution in [0.3, 0.4) is 0 Å². The van der Waals surface area contributed by atoms with Crippen LogP contribution in [0, 0.1) is 5.82 Å². The van der Waals surface area contributed by atoms with Gasteiger partial charge in [-0.25, -0.2) is 4.39 Å². The molecule has 1 aromatic rings. The molecule has 0 aliphatic heterocycles. The van der Waals surface area contributed by atoms with Crippen molar-refractivity contribution in [3.05, 3.63) is 35.1 Å². The zero-order chi connectivity index (χ0) is 13.1. The molecule has 8 heteroatoms. The zero-order valence-corrected chi connectivity index (χ0v) is 13.8. The molecule has 0 saturated carbocycles. The van der Waals surface area contributed by atoms with Gasteiger partial charge in [-0.1, -0.05) is 23.1 Å². The minimum absolute atomic E-state index is 0. The van der Waals surface area contributed by atoms with Gasteiger partial charge in [0.05, 0.1) is 5.82 Å². The van der Waals surface area contributed by atoms with Crippen molar-refractivity contribution in [1.29, 1.82) is 0 Å². The second-order valence-electron chi connectivity index (χ2n) is 3.50. The fourth-order valence-corrected chi connectivity index (χ4v) is 1.15. The van der Waals surface area contributed by atoms with Gasteiger partial charge in [-0.15, -0.1) is 0 Å². The van der Waals surface area contributed by atoms with Crippen LogP contribution in [-0.2, 0) is 0 Å². The Kier molecular flexibility index (Phi) is 8.12. The van der Waals surface area contributed by atoms with Crippen LogP contribution < -0.4 is 61.6 Å². The van der Waals surface area contributed by atoms with Gasteiger partial charge >= 0.3 is 58.4 Å². The summed E-state index contributed by atoms with van der Waals surface area (Å²) in [5.74, 6) is -1.30. The van der Waals surface area contributed by atoms with Crippen LogP contribution in [0.1, 0.15) is 6.92 Å². The maximum absolute atomic E-state index is 13.1. The van der Waals surface area contributed by atoms with E-state index in [9.17, 15) is 17.3 Å². The van der Waals surface area contributed by atoms with Crippen molar-refractivity contribution in [2.45, 2.75) is 6.92 Å². The summed E-state index contributed by atoms with van der Waals surface area (Å²) < 4.78 is 55.1. The average Bonchev–Trinajstić information content (AvgIpc) is 2.24. The Labute approximate surface area is 150 Å². The van der Waals surface area contributed by atoms with E-state index in [1.807, 2.05) is 0 Å². The molecule has 94 valence electrons. The fourth-order valence-electron chi connectivity index (χ4n) is 1.09. The topological polar surface area (TPSA) is 9.23 Å². The third-order valence-electron chi connectivity index (χ3n) is 1.98. The van der Waals surface area contributed by atoms with Gasteiger partial charge in [-0.2, -0.15) is 0 Å². The largest absolute Gasteiger partial charge is 1.00 e. The van der Waals surface area contributed by atoms with E-state index in [0.717, 1.165) is 6.07 Å². The molecule has 1 rings (SSSR count). The van der Waals surface area contributed by atoms with Crippen LogP contribution in [-0.4, -0.2) is 13.6 Å². The van der Waals surface area contributed by atoms with E-state index in [1.54, 1.807) is 6.92 Å². The molecule has 0 aliphatic carbocycles. The summed E-state index contributed by atoms with van der Waals surface area (Å²) in [6.07, 6.45) is 0. The van der Waals surface area contributed by atoms with Crippen LogP contribution in [0.15, 0.2) is 29.3 Å². The van der Waals surface area contributed by atoms with E-state index in [1.165, 1.54) is 5.54 Å². The molecule has 0 heterocycles. The Balaban J connectivity index is 0.00000289. The molecule has 0 amide bonds. The van der Waals surface area contributed by atoms with Gasteiger partial charge in [-0.05, 0) is 18.6 Å². The number of hydrogen-bond donors (Lipinski definition) is 0. The Morgan fingerprint density at radius 3 is 2.44 bits per heavy atom. The van der Waals surface area contributed by atoms with Crippen molar-refractivity contribution < 1.29 is 73.5 Å². The second-order valence-corrected chi connectivity index (χ2v) is 3.72. The summed E-state index contributed by atoms with van der Waals surface area (Å²) in [7, 11) is 0. The molecule has 0 bridgehead atoms. The average molecular weight is 307 g/mol. The number of ether oxygens (including phenoxy) is 1. The summed E-state index contributed by atoms with van der Waals surface area (Å²) in [5, 5.41) is 0. The molecule has 0 spiro atoms. The number of rotatable bonds is 4. The number of hydrogen-bond acceptors (Lipinski definition) is 1. The molecule has 0 atom stereocenters. The maximum Gasteiger partial charge on any atom is 1.00 e. The second kappa shape index (κ2) is 7.92. The molecular weight excluding hydrogens is 297 g/mol. The van der Waals surface area contributed by atoms with Crippen molar-refractivity contribution in [2.24, 2.45) is 0 Å². The van der Waals surface area contributed by atoms with E-state index in [2.05, 4.69) is 0 Å². The SMILES string of the molecule is C/C(=C/Cl)COc1ccc([B-](F)(F)F)c(F)c1.[K+]. The van der Waals surface area contributed by atoms with E-state index in [-0.39, 0.29) is 63.7 Å². The molecule has 1 aromatic carbocycles. The van der Waals surface area contributed by atoms with Crippen LogP contribution in [0.5, 0.6) is 5.75 Å². The van der Waals surface area contributed by atoms with Crippen molar-refractivity contribution in [2.75, 3.05) is 6.61 Å². The Bertz CT molecular complexity index is 436. The van der Waals surface area contributed by atoms with Crippen molar-refractivity contribution in [1.82, 2.24) is 0 Å². The Morgan fingerprint density at radius 2 is 2.00 bits per heavy atom. The molecule has 0 aliphatic rings. The van der Waals surface area contributed by atoms with Crippen LogP contribution in [0.25, 0.3) is 0 Å². The maximum atomic E-state index is 13.1. The van der Waals surface area contributed by atoms with Crippen LogP contribution in [0.2, 0.25) is 0 Å². The molecule has 0 N–H and O–H groups in total. The smallest absolute Gasteiger partial charge is 0.489 e. The van der Waals surface area contributed by atoms with Crippen LogP contribution >= 0.6 is 11.6 Å². The minimum Gasteiger partial charge on any atom is -0.489 e. The van der Waals surface area contributed by atoms with Gasteiger partial charge in [-0.3, -0.25) is 0 Å². The van der Waals surface area contributed by atoms with Gasteiger partial charge < -0.3 is 17.7 Å². The molecule has 0 unspecified atom stereocenters. The van der Waals surface area contributed by atoms with Gasteiger partial charge in [0.25, 0.3) is 0 Å². The standard InChI is InChI=1S/C10H9BClF4O.K/c1-7(5-12)6-17-8-2-3-9(10(13)4-8)11(14,15)16;/h2-5H,6H2,1H3;/q-1;+1/b7-5-;. The summed E-state index contributed by atoms with van der Waals surface area (Å²) in [5.41, 5.74) is 0.710. The van der Waals surface area contributed by atoms with Crippen LogP contribution in [0.4, 0.5) is 17.3 Å². The van der Waals surface area contributed by atoms with E-state index in [0.29, 0.717) is 17.7 Å². The molecule has 18 heavy (non-hydrogen) atoms. The van der Waals surface area contributed by atoms with E-state index >= 15 is 0 Å². The summed E-state index contributed by atoms with van der Waals surface area (Å²) in [6.45, 7) is -3.56. The molecule has 0 saturated heterocycles. The number of halogens is 5. The van der Waals surface area contributed by atoms with Gasteiger partial charge in [0.2, 0.25) is 0 Å². The Morgan fingerprint density at radius 1 is 1.39 bits per heavy atom. The van der Waals surface area contributed by atoms with Gasteiger partial charge in [0.1, 0.15) is 12.4 Å². The predicted molar refractivity (Wildman–Crippen MR) is 60.2 cm³/mol. The summed E-state index contributed by atoms with van der Waals surface area (Å²) >= 11 is 5.37. The van der Waals surface area contributed by atoms with Gasteiger partial charge in [0, 0.05) is 11.6 Å². The monoisotopic (exact) mass is 306 g/mol. The normalized spacial score (nSPS) is 12.0. The third kappa shape index (κ3) is 5.63. The molecule has 0 fully saturated rings. The molecule has 0 radical (unpaired) electrons. The van der Waals surface area contributed by atoms with Crippen molar-refractivity contribution in [3.8, 4) is 5.75 Å². The first-order valence-electron chi connectivity index (χ1n) is 4.72. The van der Waals surface area contributed by atoms with E-state index < -0.39 is 18.3 Å². The molecule has 1 nitrogen and oxygen atoms in total. The fraction of sp³-hybridized carbons (Fsp3) is 0.200. The summed E-state index contributed by atoms with van der Waals surface area (Å²) in [6, 6.07) is 2.46. The third-order valence-corrected chi connectivity index (χ3v) is 2.35. The van der Waals surface area contributed by atoms with E-state index in [4.69, 9.17) is 16.3 Å². The Hall–Kier alpha value is 0.471. The first kappa shape index (κ1) is 18.5.